The molecule has 7 heteroatoms. The van der Waals surface area contributed by atoms with Crippen molar-refractivity contribution in [2.75, 3.05) is 16.8 Å². The number of aromatic nitrogens is 1. The summed E-state index contributed by atoms with van der Waals surface area (Å²) in [6.45, 7) is 0. The van der Waals surface area contributed by atoms with Crippen molar-refractivity contribution in [1.29, 1.82) is 5.26 Å². The lowest BCUT2D eigenvalue weighted by Crippen LogP contribution is -2.35. The number of pyridine rings is 1. The van der Waals surface area contributed by atoms with Crippen molar-refractivity contribution in [1.82, 2.24) is 4.98 Å². The Morgan fingerprint density at radius 1 is 1.50 bits per heavy atom. The first-order valence-corrected chi connectivity index (χ1v) is 7.73. The molecule has 1 fully saturated rings. The van der Waals surface area contributed by atoms with Crippen LogP contribution in [0.15, 0.2) is 12.1 Å². The van der Waals surface area contributed by atoms with Crippen molar-refractivity contribution < 1.29 is 8.42 Å². The molecule has 1 aromatic heterocycles. The summed E-state index contributed by atoms with van der Waals surface area (Å²) in [4.78, 5) is 4.03. The largest absolute Gasteiger partial charge is 0.366 e. The van der Waals surface area contributed by atoms with Gasteiger partial charge in [0.2, 0.25) is 0 Å². The van der Waals surface area contributed by atoms with Gasteiger partial charge in [-0.25, -0.2) is 13.4 Å². The molecule has 0 radical (unpaired) electrons. The number of nitriles is 1. The second-order valence-corrected chi connectivity index (χ2v) is 6.89. The highest BCUT2D eigenvalue weighted by atomic mass is 35.5. The lowest BCUT2D eigenvalue weighted by Gasteiger charge is -2.23. The van der Waals surface area contributed by atoms with Crippen LogP contribution in [0.2, 0.25) is 5.15 Å². The van der Waals surface area contributed by atoms with Crippen LogP contribution in [-0.2, 0) is 9.84 Å². The maximum atomic E-state index is 11.5. The monoisotopic (exact) mass is 285 g/mol. The molecule has 0 bridgehead atoms. The molecule has 96 valence electrons. The molecule has 18 heavy (non-hydrogen) atoms. The van der Waals surface area contributed by atoms with Gasteiger partial charge in [-0.15, -0.1) is 0 Å². The summed E-state index contributed by atoms with van der Waals surface area (Å²) >= 11 is 5.78. The molecule has 5 nitrogen and oxygen atoms in total. The molecule has 0 aliphatic carbocycles. The van der Waals surface area contributed by atoms with Crippen LogP contribution in [-0.4, -0.2) is 30.9 Å². The van der Waals surface area contributed by atoms with Crippen molar-refractivity contribution >= 4 is 27.3 Å². The van der Waals surface area contributed by atoms with Crippen molar-refractivity contribution in [3.05, 3.63) is 22.8 Å². The van der Waals surface area contributed by atoms with Gasteiger partial charge in [-0.1, -0.05) is 11.6 Å². The topological polar surface area (TPSA) is 82.8 Å². The van der Waals surface area contributed by atoms with Crippen LogP contribution in [0.3, 0.4) is 0 Å². The summed E-state index contributed by atoms with van der Waals surface area (Å²) in [5.74, 6) is 0.793. The molecule has 0 amide bonds. The van der Waals surface area contributed by atoms with E-state index >= 15 is 0 Å². The summed E-state index contributed by atoms with van der Waals surface area (Å²) < 4.78 is 23.0. The lowest BCUT2D eigenvalue weighted by atomic mass is 10.2. The van der Waals surface area contributed by atoms with Crippen LogP contribution in [0.5, 0.6) is 0 Å². The molecule has 1 unspecified atom stereocenters. The fraction of sp³-hybridized carbons (Fsp3) is 0.455. The number of rotatable bonds is 2. The van der Waals surface area contributed by atoms with Crippen molar-refractivity contribution in [3.8, 4) is 6.07 Å². The van der Waals surface area contributed by atoms with Gasteiger partial charge < -0.3 is 5.32 Å². The Morgan fingerprint density at radius 2 is 2.28 bits per heavy atom. The Hall–Kier alpha value is -1.32. The molecule has 0 spiro atoms. The molecule has 1 N–H and O–H groups in total. The predicted molar refractivity (Wildman–Crippen MR) is 69.3 cm³/mol. The summed E-state index contributed by atoms with van der Waals surface area (Å²) in [5, 5.41) is 12.1. The van der Waals surface area contributed by atoms with E-state index in [-0.39, 0.29) is 22.7 Å². The maximum absolute atomic E-state index is 11.5. The first kappa shape index (κ1) is 13.1. The van der Waals surface area contributed by atoms with Crippen LogP contribution in [0.4, 0.5) is 5.82 Å². The molecule has 0 aromatic carbocycles. The highest BCUT2D eigenvalue weighted by molar-refractivity contribution is 7.91. The van der Waals surface area contributed by atoms with Gasteiger partial charge in [0.1, 0.15) is 11.0 Å². The molecule has 2 heterocycles. The SMILES string of the molecule is N#Cc1cc(Cl)nc(NC2CCCS(=O)(=O)C2)c1. The van der Waals surface area contributed by atoms with Crippen LogP contribution in [0.25, 0.3) is 0 Å². The number of nitrogens with one attached hydrogen (secondary N) is 1. The second-order valence-electron chi connectivity index (χ2n) is 4.27. The molecular formula is C11H12ClN3O2S. The molecule has 1 atom stereocenters. The van der Waals surface area contributed by atoms with Crippen LogP contribution in [0.1, 0.15) is 18.4 Å². The van der Waals surface area contributed by atoms with Gasteiger partial charge in [0.25, 0.3) is 0 Å². The highest BCUT2D eigenvalue weighted by Crippen LogP contribution is 2.19. The zero-order chi connectivity index (χ0) is 13.2. The molecule has 1 saturated heterocycles. The van der Waals surface area contributed by atoms with Crippen LogP contribution >= 0.6 is 11.6 Å². The fourth-order valence-electron chi connectivity index (χ4n) is 1.98. The fourth-order valence-corrected chi connectivity index (χ4v) is 3.83. The van der Waals surface area contributed by atoms with Gasteiger partial charge in [0.05, 0.1) is 23.1 Å². The standard InChI is InChI=1S/C11H12ClN3O2S/c12-10-4-8(6-13)5-11(15-10)14-9-2-1-3-18(16,17)7-9/h4-5,9H,1-3,7H2,(H,14,15). The lowest BCUT2D eigenvalue weighted by molar-refractivity contribution is 0.561. The summed E-state index contributed by atoms with van der Waals surface area (Å²) in [5.41, 5.74) is 0.399. The first-order valence-electron chi connectivity index (χ1n) is 5.53. The zero-order valence-corrected chi connectivity index (χ0v) is 11.1. The molecular weight excluding hydrogens is 274 g/mol. The minimum Gasteiger partial charge on any atom is -0.366 e. The average molecular weight is 286 g/mol. The van der Waals surface area contributed by atoms with Gasteiger partial charge in [-0.2, -0.15) is 5.26 Å². The highest BCUT2D eigenvalue weighted by Gasteiger charge is 2.24. The maximum Gasteiger partial charge on any atom is 0.152 e. The summed E-state index contributed by atoms with van der Waals surface area (Å²) in [6.07, 6.45) is 1.42. The van der Waals surface area contributed by atoms with Crippen molar-refractivity contribution in [2.24, 2.45) is 0 Å². The van der Waals surface area contributed by atoms with E-state index in [2.05, 4.69) is 10.3 Å². The van der Waals surface area contributed by atoms with E-state index in [1.807, 2.05) is 6.07 Å². The van der Waals surface area contributed by atoms with Gasteiger partial charge in [-0.3, -0.25) is 0 Å². The molecule has 1 aliphatic rings. The molecule has 0 saturated carbocycles. The Balaban J connectivity index is 2.14. The van der Waals surface area contributed by atoms with E-state index in [9.17, 15) is 8.42 Å². The quantitative estimate of drug-likeness (QED) is 0.835. The van der Waals surface area contributed by atoms with Gasteiger partial charge in [0, 0.05) is 6.04 Å². The molecule has 1 aliphatic heterocycles. The van der Waals surface area contributed by atoms with Crippen LogP contribution in [0, 0.1) is 11.3 Å². The van der Waals surface area contributed by atoms with E-state index < -0.39 is 9.84 Å². The van der Waals surface area contributed by atoms with E-state index in [0.29, 0.717) is 17.8 Å². The molecule has 1 aromatic rings. The number of sulfone groups is 1. The van der Waals surface area contributed by atoms with E-state index in [1.165, 1.54) is 6.07 Å². The normalized spacial score (nSPS) is 22.1. The number of halogens is 1. The summed E-state index contributed by atoms with van der Waals surface area (Å²) in [6, 6.07) is 4.84. The number of hydrogen-bond donors (Lipinski definition) is 1. The minimum absolute atomic E-state index is 0.100. The minimum atomic E-state index is -2.97. The third-order valence-corrected chi connectivity index (χ3v) is 4.75. The zero-order valence-electron chi connectivity index (χ0n) is 9.56. The Labute approximate surface area is 111 Å². The Bertz CT molecular complexity index is 595. The number of nitrogens with zero attached hydrogens (tertiary/aromatic N) is 2. The smallest absolute Gasteiger partial charge is 0.152 e. The third-order valence-electron chi connectivity index (χ3n) is 2.74. The number of hydrogen-bond acceptors (Lipinski definition) is 5. The number of anilines is 1. The van der Waals surface area contributed by atoms with Crippen LogP contribution < -0.4 is 5.32 Å². The van der Waals surface area contributed by atoms with Crippen molar-refractivity contribution in [3.63, 3.8) is 0 Å². The third kappa shape index (κ3) is 3.34. The second kappa shape index (κ2) is 5.12. The Kier molecular flexibility index (Phi) is 3.73. The average Bonchev–Trinajstić information content (AvgIpc) is 2.26. The summed E-state index contributed by atoms with van der Waals surface area (Å²) in [7, 11) is -2.97. The first-order chi connectivity index (χ1) is 8.48. The predicted octanol–water partition coefficient (Wildman–Crippen LogP) is 1.60. The Morgan fingerprint density at radius 3 is 2.94 bits per heavy atom. The van der Waals surface area contributed by atoms with E-state index in [0.717, 1.165) is 6.42 Å². The molecule has 2 rings (SSSR count). The van der Waals surface area contributed by atoms with E-state index in [4.69, 9.17) is 16.9 Å². The van der Waals surface area contributed by atoms with Gasteiger partial charge in [0.15, 0.2) is 9.84 Å². The van der Waals surface area contributed by atoms with Gasteiger partial charge >= 0.3 is 0 Å². The van der Waals surface area contributed by atoms with Gasteiger partial charge in [-0.05, 0) is 25.0 Å². The van der Waals surface area contributed by atoms with Crippen molar-refractivity contribution in [2.45, 2.75) is 18.9 Å². The van der Waals surface area contributed by atoms with E-state index in [1.54, 1.807) is 6.07 Å².